The molecule has 12 rings (SSSR count). The van der Waals surface area contributed by atoms with Gasteiger partial charge < -0.3 is 9.80 Å². The monoisotopic (exact) mass is 878 g/mol. The molecule has 4 aliphatic rings. The summed E-state index contributed by atoms with van der Waals surface area (Å²) >= 11 is 0. The van der Waals surface area contributed by atoms with E-state index in [0.717, 1.165) is 89.7 Å². The van der Waals surface area contributed by atoms with E-state index in [2.05, 4.69) is 192 Å². The van der Waals surface area contributed by atoms with E-state index in [1.807, 2.05) is 36.4 Å². The van der Waals surface area contributed by atoms with Crippen LogP contribution in [-0.4, -0.2) is 6.04 Å². The topological polar surface area (TPSA) is 6.48 Å². The number of benzene rings is 8. The minimum Gasteiger partial charge on any atom is -0.330 e. The predicted octanol–water partition coefficient (Wildman–Crippen LogP) is 16.7. The summed E-state index contributed by atoms with van der Waals surface area (Å²) in [5.41, 5.74) is 18.7. The molecule has 0 N–H and O–H groups in total. The van der Waals surface area contributed by atoms with Crippen molar-refractivity contribution in [2.24, 2.45) is 5.92 Å². The van der Waals surface area contributed by atoms with Gasteiger partial charge in [-0.15, -0.1) is 0 Å². The Balaban J connectivity index is 1.02. The van der Waals surface area contributed by atoms with Crippen LogP contribution in [-0.2, 0) is 0 Å². The van der Waals surface area contributed by atoms with Gasteiger partial charge in [0.05, 0.1) is 17.4 Å². The third kappa shape index (κ3) is 7.37. The summed E-state index contributed by atoms with van der Waals surface area (Å²) in [6, 6.07) is 68.5. The molecule has 0 amide bonds. The molecule has 4 aliphatic carbocycles. The molecular weight excluding hydrogens is 835 g/mol. The lowest BCUT2D eigenvalue weighted by Crippen LogP contribution is -2.37. The van der Waals surface area contributed by atoms with Crippen LogP contribution in [0.25, 0.3) is 44.5 Å². The van der Waals surface area contributed by atoms with Crippen molar-refractivity contribution in [2.45, 2.75) is 6.04 Å². The Morgan fingerprint density at radius 2 is 0.941 bits per heavy atom. The first-order valence-electron chi connectivity index (χ1n) is 23.1. The lowest BCUT2D eigenvalue weighted by Gasteiger charge is -2.44. The molecule has 0 aliphatic heterocycles. The van der Waals surface area contributed by atoms with E-state index in [-0.39, 0.29) is 23.6 Å². The zero-order valence-corrected chi connectivity index (χ0v) is 37.1. The largest absolute Gasteiger partial charge is 0.330 e. The van der Waals surface area contributed by atoms with Crippen molar-refractivity contribution in [2.75, 3.05) is 9.80 Å². The molecule has 68 heavy (non-hydrogen) atoms. The van der Waals surface area contributed by atoms with Crippen LogP contribution in [0, 0.1) is 17.6 Å². The van der Waals surface area contributed by atoms with Crippen molar-refractivity contribution >= 4 is 22.7 Å². The molecular formula is C64H44F2N2. The summed E-state index contributed by atoms with van der Waals surface area (Å²) in [5, 5.41) is 0. The standard InChI is InChI=1S/C64H44F2N2/c65-51-23-13-25-53(41-51)67(61-37-31-49(43-15-5-1-6-16-43)39-57(61)45-19-9-3-10-20-45)59-35-29-47-28-34-56-60(36-30-48-27-33-55(59)63(47)64(48)56)68(54-26-14-24-52(66)42-54)62-38-32-50(44-17-7-2-8-18-44)40-58(62)46-21-11-4-12-22-46/h1-42,59,64H. The van der Waals surface area contributed by atoms with Gasteiger partial charge in [-0.25, -0.2) is 8.78 Å². The molecule has 8 aromatic carbocycles. The van der Waals surface area contributed by atoms with Gasteiger partial charge >= 0.3 is 0 Å². The lowest BCUT2D eigenvalue weighted by molar-refractivity contribution is 0.627. The van der Waals surface area contributed by atoms with Crippen LogP contribution >= 0.6 is 0 Å². The van der Waals surface area contributed by atoms with Crippen molar-refractivity contribution in [3.63, 3.8) is 0 Å². The number of allylic oxidation sites excluding steroid dienone is 10. The molecule has 0 saturated heterocycles. The summed E-state index contributed by atoms with van der Waals surface area (Å²) in [6.07, 6.45) is 17.9. The number of anilines is 4. The first-order valence-corrected chi connectivity index (χ1v) is 23.1. The summed E-state index contributed by atoms with van der Waals surface area (Å²) in [5.74, 6) is -0.728. The Morgan fingerprint density at radius 1 is 0.397 bits per heavy atom. The second kappa shape index (κ2) is 17.3. The molecule has 2 atom stereocenters. The van der Waals surface area contributed by atoms with Crippen LogP contribution in [0.5, 0.6) is 0 Å². The highest BCUT2D eigenvalue weighted by Crippen LogP contribution is 2.53. The van der Waals surface area contributed by atoms with Crippen molar-refractivity contribution in [1.29, 1.82) is 0 Å². The summed E-state index contributed by atoms with van der Waals surface area (Å²) in [6.45, 7) is 0. The highest BCUT2D eigenvalue weighted by molar-refractivity contribution is 5.91. The van der Waals surface area contributed by atoms with Gasteiger partial charge in [0.15, 0.2) is 0 Å². The smallest absolute Gasteiger partial charge is 0.125 e. The minimum absolute atomic E-state index is 0.120. The van der Waals surface area contributed by atoms with Gasteiger partial charge in [-0.3, -0.25) is 0 Å². The molecule has 0 aromatic heterocycles. The van der Waals surface area contributed by atoms with Gasteiger partial charge in [0.25, 0.3) is 0 Å². The fourth-order valence-corrected chi connectivity index (χ4v) is 10.4. The van der Waals surface area contributed by atoms with E-state index in [4.69, 9.17) is 0 Å². The van der Waals surface area contributed by atoms with Gasteiger partial charge in [-0.1, -0.05) is 188 Å². The zero-order chi connectivity index (χ0) is 45.6. The molecule has 4 heteroatoms. The highest BCUT2D eigenvalue weighted by Gasteiger charge is 2.40. The molecule has 0 heterocycles. The molecule has 0 saturated carbocycles. The second-order valence-corrected chi connectivity index (χ2v) is 17.5. The molecule has 0 bridgehead atoms. The van der Waals surface area contributed by atoms with E-state index in [0.29, 0.717) is 0 Å². The van der Waals surface area contributed by atoms with E-state index in [1.165, 1.54) is 23.3 Å². The van der Waals surface area contributed by atoms with Crippen molar-refractivity contribution in [3.05, 3.63) is 300 Å². The highest BCUT2D eigenvalue weighted by atomic mass is 19.1. The summed E-state index contributed by atoms with van der Waals surface area (Å²) in [4.78, 5) is 4.53. The first kappa shape index (κ1) is 40.9. The third-order valence-corrected chi connectivity index (χ3v) is 13.5. The van der Waals surface area contributed by atoms with Crippen LogP contribution in [0.2, 0.25) is 0 Å². The Hall–Kier alpha value is -8.60. The SMILES string of the molecule is Fc1cccc(N(C2=C3C=CC4=C5C(=CC=C(C=C2)C35)C(N(c2cccc(F)c2)c2ccc(-c3ccccc3)cc2-c2ccccc2)C=C4)c2ccc(-c3ccccc3)cc2-c2ccccc2)c1. The Morgan fingerprint density at radius 3 is 1.54 bits per heavy atom. The number of hydrogen-bond donors (Lipinski definition) is 0. The lowest BCUT2D eigenvalue weighted by atomic mass is 9.67. The van der Waals surface area contributed by atoms with E-state index in [1.54, 1.807) is 24.3 Å². The molecule has 324 valence electrons. The van der Waals surface area contributed by atoms with Crippen LogP contribution in [0.15, 0.2) is 288 Å². The van der Waals surface area contributed by atoms with Crippen LogP contribution in [0.1, 0.15) is 0 Å². The fraction of sp³-hybridized carbons (Fsp3) is 0.0312. The number of hydrogen-bond acceptors (Lipinski definition) is 2. The predicted molar refractivity (Wildman–Crippen MR) is 277 cm³/mol. The molecule has 8 aromatic rings. The Bertz CT molecular complexity index is 3470. The number of halogens is 2. The normalized spacial score (nSPS) is 16.6. The third-order valence-electron chi connectivity index (χ3n) is 13.5. The quantitative estimate of drug-likeness (QED) is 0.135. The van der Waals surface area contributed by atoms with Gasteiger partial charge in [-0.2, -0.15) is 0 Å². The maximum absolute atomic E-state index is 15.5. The van der Waals surface area contributed by atoms with Crippen molar-refractivity contribution in [3.8, 4) is 44.5 Å². The molecule has 0 spiro atoms. The van der Waals surface area contributed by atoms with Crippen LogP contribution < -0.4 is 9.80 Å². The number of nitrogens with zero attached hydrogens (tertiary/aromatic N) is 2. The van der Waals surface area contributed by atoms with Crippen molar-refractivity contribution in [1.82, 2.24) is 0 Å². The molecule has 2 unspecified atom stereocenters. The summed E-state index contributed by atoms with van der Waals surface area (Å²) in [7, 11) is 0. The Kier molecular flexibility index (Phi) is 10.4. The zero-order valence-electron chi connectivity index (χ0n) is 37.1. The van der Waals surface area contributed by atoms with Gasteiger partial charge in [0, 0.05) is 34.1 Å². The molecule has 0 fully saturated rings. The van der Waals surface area contributed by atoms with Crippen LogP contribution in [0.3, 0.4) is 0 Å². The van der Waals surface area contributed by atoms with E-state index >= 15 is 8.78 Å². The fourth-order valence-electron chi connectivity index (χ4n) is 10.4. The summed E-state index contributed by atoms with van der Waals surface area (Å²) < 4.78 is 31.1. The minimum atomic E-state index is -0.308. The van der Waals surface area contributed by atoms with Crippen LogP contribution in [0.4, 0.5) is 31.5 Å². The van der Waals surface area contributed by atoms with Gasteiger partial charge in [0.2, 0.25) is 0 Å². The Labute approximate surface area is 396 Å². The second-order valence-electron chi connectivity index (χ2n) is 17.5. The van der Waals surface area contributed by atoms with E-state index in [9.17, 15) is 0 Å². The average Bonchev–Trinajstić information content (AvgIpc) is 3.40. The van der Waals surface area contributed by atoms with Gasteiger partial charge in [0.1, 0.15) is 11.6 Å². The number of rotatable bonds is 10. The first-order chi connectivity index (χ1) is 33.6. The average molecular weight is 879 g/mol. The van der Waals surface area contributed by atoms with E-state index < -0.39 is 0 Å². The van der Waals surface area contributed by atoms with Gasteiger partial charge in [-0.05, 0) is 128 Å². The maximum Gasteiger partial charge on any atom is 0.125 e. The molecule has 0 radical (unpaired) electrons. The molecule has 2 nitrogen and oxygen atoms in total. The maximum atomic E-state index is 15.5. The van der Waals surface area contributed by atoms with Crippen molar-refractivity contribution < 1.29 is 8.78 Å².